The second kappa shape index (κ2) is 8.22. The third-order valence-corrected chi connectivity index (χ3v) is 6.09. The van der Waals surface area contributed by atoms with Crippen LogP contribution in [0, 0.1) is 11.6 Å². The van der Waals surface area contributed by atoms with E-state index >= 15 is 0 Å². The first-order chi connectivity index (χ1) is 12.5. The van der Waals surface area contributed by atoms with Crippen LogP contribution in [0.15, 0.2) is 47.4 Å². The van der Waals surface area contributed by atoms with Crippen molar-refractivity contribution in [3.63, 3.8) is 0 Å². The second-order valence-electron chi connectivity index (χ2n) is 6.01. The van der Waals surface area contributed by atoms with Crippen LogP contribution in [-0.2, 0) is 27.8 Å². The summed E-state index contributed by atoms with van der Waals surface area (Å²) < 4.78 is 57.8. The monoisotopic (exact) mass is 382 g/mol. The molecule has 0 saturated carbocycles. The Morgan fingerprint density at radius 3 is 2.19 bits per heavy atom. The Morgan fingerprint density at radius 2 is 1.54 bits per heavy atom. The highest BCUT2D eigenvalue weighted by Gasteiger charge is 2.25. The van der Waals surface area contributed by atoms with Gasteiger partial charge in [-0.3, -0.25) is 0 Å². The Morgan fingerprint density at radius 1 is 0.923 bits per heavy atom. The van der Waals surface area contributed by atoms with Crippen LogP contribution in [0.2, 0.25) is 0 Å². The number of nitrogens with one attached hydrogen (secondary N) is 1. The van der Waals surface area contributed by atoms with Gasteiger partial charge in [0.25, 0.3) is 0 Å². The molecule has 0 spiro atoms. The first-order valence-corrected chi connectivity index (χ1v) is 9.72. The third-order valence-electron chi connectivity index (χ3n) is 4.17. The van der Waals surface area contributed by atoms with Crippen molar-refractivity contribution in [2.75, 3.05) is 26.3 Å². The highest BCUT2D eigenvalue weighted by Crippen LogP contribution is 2.18. The third kappa shape index (κ3) is 4.45. The van der Waals surface area contributed by atoms with Crippen LogP contribution in [-0.4, -0.2) is 39.0 Å². The molecule has 5 nitrogen and oxygen atoms in total. The molecule has 1 heterocycles. The predicted octanol–water partition coefficient (Wildman–Crippen LogP) is 2.28. The largest absolute Gasteiger partial charge is 0.379 e. The number of sulfonamides is 1. The number of hydrogen-bond acceptors (Lipinski definition) is 4. The van der Waals surface area contributed by atoms with Gasteiger partial charge < -0.3 is 10.1 Å². The first kappa shape index (κ1) is 18.9. The molecule has 8 heteroatoms. The quantitative estimate of drug-likeness (QED) is 0.833. The lowest BCUT2D eigenvalue weighted by Crippen LogP contribution is -2.40. The van der Waals surface area contributed by atoms with E-state index in [1.54, 1.807) is 24.3 Å². The zero-order valence-electron chi connectivity index (χ0n) is 14.1. The van der Waals surface area contributed by atoms with Crippen LogP contribution in [0.5, 0.6) is 0 Å². The molecular weight excluding hydrogens is 362 g/mol. The van der Waals surface area contributed by atoms with Gasteiger partial charge in [0.15, 0.2) is 11.6 Å². The minimum Gasteiger partial charge on any atom is -0.379 e. The van der Waals surface area contributed by atoms with E-state index in [4.69, 9.17) is 4.74 Å². The van der Waals surface area contributed by atoms with Crippen LogP contribution in [0.3, 0.4) is 0 Å². The van der Waals surface area contributed by atoms with E-state index in [-0.39, 0.29) is 4.90 Å². The first-order valence-electron chi connectivity index (χ1n) is 8.28. The number of ether oxygens (including phenoxy) is 1. The average Bonchev–Trinajstić information content (AvgIpc) is 2.66. The van der Waals surface area contributed by atoms with E-state index in [9.17, 15) is 17.2 Å². The molecule has 0 unspecified atom stereocenters. The molecule has 1 fully saturated rings. The van der Waals surface area contributed by atoms with E-state index in [1.807, 2.05) is 0 Å². The normalized spacial score (nSPS) is 15.9. The highest BCUT2D eigenvalue weighted by molar-refractivity contribution is 7.89. The van der Waals surface area contributed by atoms with E-state index in [0.29, 0.717) is 45.0 Å². The molecule has 1 N–H and O–H groups in total. The summed E-state index contributed by atoms with van der Waals surface area (Å²) in [6, 6.07) is 10.4. The number of morpholine rings is 1. The van der Waals surface area contributed by atoms with Crippen LogP contribution < -0.4 is 5.32 Å². The number of nitrogens with zero attached hydrogens (tertiary/aromatic N) is 1. The lowest BCUT2D eigenvalue weighted by atomic mass is 10.2. The van der Waals surface area contributed by atoms with Crippen molar-refractivity contribution in [3.05, 3.63) is 65.2 Å². The molecule has 2 aromatic rings. The Bertz CT molecular complexity index is 851. The predicted molar refractivity (Wildman–Crippen MR) is 92.9 cm³/mol. The Kier molecular flexibility index (Phi) is 5.98. The molecule has 1 aliphatic heterocycles. The van der Waals surface area contributed by atoms with Gasteiger partial charge in [-0.1, -0.05) is 18.2 Å². The van der Waals surface area contributed by atoms with Crippen LogP contribution in [0.1, 0.15) is 11.1 Å². The maximum atomic E-state index is 13.2. The molecule has 3 rings (SSSR count). The summed E-state index contributed by atoms with van der Waals surface area (Å²) in [5.41, 5.74) is 1.53. The molecule has 0 atom stereocenters. The van der Waals surface area contributed by atoms with Gasteiger partial charge in [-0.15, -0.1) is 0 Å². The molecule has 0 bridgehead atoms. The number of halogens is 2. The molecular formula is C18H20F2N2O3S. The van der Waals surface area contributed by atoms with Crippen LogP contribution in [0.25, 0.3) is 0 Å². The van der Waals surface area contributed by atoms with E-state index in [1.165, 1.54) is 10.4 Å². The van der Waals surface area contributed by atoms with E-state index < -0.39 is 21.7 Å². The van der Waals surface area contributed by atoms with Gasteiger partial charge in [-0.05, 0) is 35.4 Å². The van der Waals surface area contributed by atoms with Crippen molar-refractivity contribution >= 4 is 10.0 Å². The fraction of sp³-hybridized carbons (Fsp3) is 0.333. The molecule has 1 aliphatic rings. The fourth-order valence-corrected chi connectivity index (χ4v) is 4.12. The van der Waals surface area contributed by atoms with Gasteiger partial charge in [0.2, 0.25) is 10.0 Å². The standard InChI is InChI=1S/C18H20F2N2O3S/c19-17-6-3-15(11-18(17)20)13-21-12-14-1-4-16(5-2-14)26(23,24)22-7-9-25-10-8-22/h1-6,11,21H,7-10,12-13H2. The zero-order chi connectivity index (χ0) is 18.6. The van der Waals surface area contributed by atoms with Gasteiger partial charge >= 0.3 is 0 Å². The molecule has 0 radical (unpaired) electrons. The molecule has 0 aliphatic carbocycles. The smallest absolute Gasteiger partial charge is 0.243 e. The van der Waals surface area contributed by atoms with Gasteiger partial charge in [-0.2, -0.15) is 4.31 Å². The maximum Gasteiger partial charge on any atom is 0.243 e. The van der Waals surface area contributed by atoms with Crippen LogP contribution >= 0.6 is 0 Å². The summed E-state index contributed by atoms with van der Waals surface area (Å²) in [5, 5.41) is 3.12. The summed E-state index contributed by atoms with van der Waals surface area (Å²) in [6.07, 6.45) is 0. The summed E-state index contributed by atoms with van der Waals surface area (Å²) in [5.74, 6) is -1.74. The number of benzene rings is 2. The lowest BCUT2D eigenvalue weighted by molar-refractivity contribution is 0.0730. The summed E-state index contributed by atoms with van der Waals surface area (Å²) in [7, 11) is -3.50. The topological polar surface area (TPSA) is 58.6 Å². The van der Waals surface area contributed by atoms with Crippen molar-refractivity contribution in [3.8, 4) is 0 Å². The van der Waals surface area contributed by atoms with Gasteiger partial charge in [0.1, 0.15) is 0 Å². The lowest BCUT2D eigenvalue weighted by Gasteiger charge is -2.26. The SMILES string of the molecule is O=S(=O)(c1ccc(CNCc2ccc(F)c(F)c2)cc1)N1CCOCC1. The number of hydrogen-bond donors (Lipinski definition) is 1. The van der Waals surface area contributed by atoms with E-state index in [2.05, 4.69) is 5.32 Å². The van der Waals surface area contributed by atoms with Crippen molar-refractivity contribution < 1.29 is 21.9 Å². The highest BCUT2D eigenvalue weighted by atomic mass is 32.2. The van der Waals surface area contributed by atoms with Gasteiger partial charge in [0.05, 0.1) is 18.1 Å². The molecule has 0 aromatic heterocycles. The summed E-state index contributed by atoms with van der Waals surface area (Å²) >= 11 is 0. The van der Waals surface area contributed by atoms with Gasteiger partial charge in [0, 0.05) is 26.2 Å². The van der Waals surface area contributed by atoms with Crippen molar-refractivity contribution in [1.29, 1.82) is 0 Å². The van der Waals surface area contributed by atoms with Crippen molar-refractivity contribution in [1.82, 2.24) is 9.62 Å². The van der Waals surface area contributed by atoms with E-state index in [0.717, 1.165) is 17.7 Å². The minimum absolute atomic E-state index is 0.253. The van der Waals surface area contributed by atoms with Crippen molar-refractivity contribution in [2.24, 2.45) is 0 Å². The summed E-state index contributed by atoms with van der Waals surface area (Å²) in [4.78, 5) is 0.253. The Balaban J connectivity index is 1.58. The number of rotatable bonds is 6. The molecule has 0 amide bonds. The van der Waals surface area contributed by atoms with Crippen molar-refractivity contribution in [2.45, 2.75) is 18.0 Å². The fourth-order valence-electron chi connectivity index (χ4n) is 2.72. The molecule has 2 aromatic carbocycles. The maximum absolute atomic E-state index is 13.2. The average molecular weight is 382 g/mol. The zero-order valence-corrected chi connectivity index (χ0v) is 14.9. The summed E-state index contributed by atoms with van der Waals surface area (Å²) in [6.45, 7) is 2.40. The van der Waals surface area contributed by atoms with Crippen LogP contribution in [0.4, 0.5) is 8.78 Å². The molecule has 1 saturated heterocycles. The minimum atomic E-state index is -3.50. The Labute approximate surface area is 151 Å². The van der Waals surface area contributed by atoms with Gasteiger partial charge in [-0.25, -0.2) is 17.2 Å². The molecule has 140 valence electrons. The Hall–Kier alpha value is -1.87. The molecule has 26 heavy (non-hydrogen) atoms. The second-order valence-corrected chi connectivity index (χ2v) is 7.95.